The molecular weight excluding hydrogens is 495 g/mol. The molecule has 0 aliphatic carbocycles. The number of aliphatic hydroxyl groups excluding tert-OH is 1. The SMILES string of the molecule is CCCC1Nc2nc(Cl)nc(C)c2CC1=O.Cc1nc(Cl)nc2c1CCC(CCCO)N2.O=C=O. The van der Waals surface area contributed by atoms with Gasteiger partial charge < -0.3 is 15.7 Å². The molecule has 3 N–H and O–H groups in total. The number of aromatic nitrogens is 4. The van der Waals surface area contributed by atoms with Crippen molar-refractivity contribution in [1.82, 2.24) is 19.9 Å². The molecule has 2 aromatic rings. The summed E-state index contributed by atoms with van der Waals surface area (Å²) < 4.78 is 0. The molecule has 4 rings (SSSR count). The standard InChI is InChI=1S/C11H16ClN3O.C11H14ClN3O.CO2/c1-7-9-5-4-8(3-2-6-16)14-10(9)15-11(12)13-7;1-3-4-8-9(16)5-7-6(2)13-11(12)15-10(7)14-8;2-1-3/h8,16H,2-6H2,1H3,(H,13,14,15);8H,3-5H2,1-2H3,(H,13,14,15);. The van der Waals surface area contributed by atoms with Crippen LogP contribution in [0.15, 0.2) is 0 Å². The van der Waals surface area contributed by atoms with Crippen LogP contribution in [0.4, 0.5) is 11.6 Å². The molecule has 35 heavy (non-hydrogen) atoms. The number of nitrogens with one attached hydrogen (secondary N) is 2. The van der Waals surface area contributed by atoms with E-state index >= 15 is 0 Å². The molecule has 2 aliphatic rings. The van der Waals surface area contributed by atoms with E-state index in [2.05, 4.69) is 37.5 Å². The lowest BCUT2D eigenvalue weighted by Crippen LogP contribution is -2.36. The maximum absolute atomic E-state index is 11.8. The molecule has 2 aromatic heterocycles. The van der Waals surface area contributed by atoms with Crippen LogP contribution in [-0.4, -0.2) is 55.7 Å². The zero-order chi connectivity index (χ0) is 26.0. The molecule has 0 radical (unpaired) electrons. The molecule has 0 fully saturated rings. The van der Waals surface area contributed by atoms with Crippen molar-refractivity contribution < 1.29 is 19.5 Å². The van der Waals surface area contributed by atoms with Gasteiger partial charge in [-0.2, -0.15) is 9.59 Å². The van der Waals surface area contributed by atoms with E-state index in [1.165, 1.54) is 5.56 Å². The number of carbonyl (C=O) groups excluding carboxylic acids is 3. The highest BCUT2D eigenvalue weighted by molar-refractivity contribution is 6.28. The van der Waals surface area contributed by atoms with Crippen LogP contribution in [0.25, 0.3) is 0 Å². The van der Waals surface area contributed by atoms with Gasteiger partial charge in [0.05, 0.1) is 6.04 Å². The summed E-state index contributed by atoms with van der Waals surface area (Å²) in [5.74, 6) is 1.80. The van der Waals surface area contributed by atoms with Crippen LogP contribution < -0.4 is 10.6 Å². The zero-order valence-electron chi connectivity index (χ0n) is 20.0. The average Bonchev–Trinajstić information content (AvgIpc) is 2.79. The fourth-order valence-corrected chi connectivity index (χ4v) is 4.50. The summed E-state index contributed by atoms with van der Waals surface area (Å²) in [7, 11) is 0. The third-order valence-electron chi connectivity index (χ3n) is 5.80. The Morgan fingerprint density at radius 3 is 2.11 bits per heavy atom. The number of rotatable bonds is 5. The fraction of sp³-hybridized carbons (Fsp3) is 0.565. The first-order valence-corrected chi connectivity index (χ1v) is 12.2. The molecule has 2 atom stereocenters. The van der Waals surface area contributed by atoms with Gasteiger partial charge in [-0.05, 0) is 69.2 Å². The minimum Gasteiger partial charge on any atom is -0.396 e. The lowest BCUT2D eigenvalue weighted by molar-refractivity contribution is -0.191. The van der Waals surface area contributed by atoms with Gasteiger partial charge in [0.2, 0.25) is 10.6 Å². The summed E-state index contributed by atoms with van der Waals surface area (Å²) >= 11 is 11.6. The van der Waals surface area contributed by atoms with Crippen molar-refractivity contribution in [2.75, 3.05) is 17.2 Å². The van der Waals surface area contributed by atoms with Crippen LogP contribution >= 0.6 is 23.2 Å². The van der Waals surface area contributed by atoms with E-state index in [9.17, 15) is 4.79 Å². The smallest absolute Gasteiger partial charge is 0.373 e. The first-order valence-electron chi connectivity index (χ1n) is 11.5. The Kier molecular flexibility index (Phi) is 11.5. The second-order valence-corrected chi connectivity index (χ2v) is 8.94. The van der Waals surface area contributed by atoms with Crippen molar-refractivity contribution in [1.29, 1.82) is 0 Å². The number of carbonyl (C=O) groups is 1. The molecule has 0 amide bonds. The first kappa shape index (κ1) is 28.6. The summed E-state index contributed by atoms with van der Waals surface area (Å²) in [5, 5.41) is 15.8. The Hall–Kier alpha value is -2.65. The van der Waals surface area contributed by atoms with E-state index < -0.39 is 0 Å². The molecule has 0 saturated heterocycles. The maximum atomic E-state index is 11.8. The molecule has 12 heteroatoms. The molecule has 10 nitrogen and oxygen atoms in total. The van der Waals surface area contributed by atoms with Gasteiger partial charge in [-0.25, -0.2) is 19.9 Å². The monoisotopic (exact) mass is 524 g/mol. The van der Waals surface area contributed by atoms with Crippen LogP contribution in [0.3, 0.4) is 0 Å². The van der Waals surface area contributed by atoms with E-state index in [1.54, 1.807) is 0 Å². The fourth-order valence-electron chi connectivity index (χ4n) is 4.08. The van der Waals surface area contributed by atoms with Gasteiger partial charge in [-0.15, -0.1) is 0 Å². The van der Waals surface area contributed by atoms with Crippen molar-refractivity contribution in [3.05, 3.63) is 33.1 Å². The van der Waals surface area contributed by atoms with Gasteiger partial charge in [0.15, 0.2) is 5.78 Å². The van der Waals surface area contributed by atoms with Gasteiger partial charge in [0.1, 0.15) is 11.6 Å². The van der Waals surface area contributed by atoms with E-state index in [4.69, 9.17) is 37.9 Å². The molecular formula is C23H30Cl2N6O4. The van der Waals surface area contributed by atoms with Crippen molar-refractivity contribution in [3.8, 4) is 0 Å². The highest BCUT2D eigenvalue weighted by Gasteiger charge is 2.27. The quantitative estimate of drug-likeness (QED) is 0.496. The number of hydrogen-bond donors (Lipinski definition) is 3. The van der Waals surface area contributed by atoms with Gasteiger partial charge in [0.25, 0.3) is 0 Å². The summed E-state index contributed by atoms with van der Waals surface area (Å²) in [5.41, 5.74) is 3.79. The minimum atomic E-state index is -0.122. The Bertz CT molecular complexity index is 1060. The number of hydrogen-bond acceptors (Lipinski definition) is 10. The Morgan fingerprint density at radius 1 is 0.971 bits per heavy atom. The maximum Gasteiger partial charge on any atom is 0.373 e. The van der Waals surface area contributed by atoms with Crippen molar-refractivity contribution in [2.45, 2.75) is 77.8 Å². The molecule has 2 aliphatic heterocycles. The van der Waals surface area contributed by atoms with Crippen LogP contribution in [0, 0.1) is 13.8 Å². The Morgan fingerprint density at radius 2 is 1.54 bits per heavy atom. The van der Waals surface area contributed by atoms with Gasteiger partial charge in [0, 0.05) is 41.6 Å². The van der Waals surface area contributed by atoms with E-state index in [1.807, 2.05) is 13.8 Å². The highest BCUT2D eigenvalue weighted by Crippen LogP contribution is 2.28. The first-order chi connectivity index (χ1) is 16.7. The van der Waals surface area contributed by atoms with Gasteiger partial charge in [-0.3, -0.25) is 4.79 Å². The normalized spacial score (nSPS) is 17.7. The third kappa shape index (κ3) is 8.21. The summed E-state index contributed by atoms with van der Waals surface area (Å²) in [6.45, 7) is 6.11. The lowest BCUT2D eigenvalue weighted by atomic mass is 9.96. The third-order valence-corrected chi connectivity index (χ3v) is 6.13. The molecule has 190 valence electrons. The largest absolute Gasteiger partial charge is 0.396 e. The minimum absolute atomic E-state index is 0.122. The van der Waals surface area contributed by atoms with Crippen molar-refractivity contribution >= 4 is 46.8 Å². The number of aliphatic hydroxyl groups is 1. The molecule has 0 spiro atoms. The van der Waals surface area contributed by atoms with Gasteiger partial charge >= 0.3 is 6.15 Å². The van der Waals surface area contributed by atoms with Crippen LogP contribution in [0.2, 0.25) is 10.6 Å². The number of halogens is 2. The topological polar surface area (TPSA) is 147 Å². The Balaban J connectivity index is 0.000000222. The van der Waals surface area contributed by atoms with Gasteiger partial charge in [-0.1, -0.05) is 13.3 Å². The number of nitrogens with zero attached hydrogens (tertiary/aromatic N) is 4. The average molecular weight is 525 g/mol. The zero-order valence-corrected chi connectivity index (χ0v) is 21.5. The predicted molar refractivity (Wildman–Crippen MR) is 132 cm³/mol. The van der Waals surface area contributed by atoms with Crippen molar-refractivity contribution in [3.63, 3.8) is 0 Å². The number of anilines is 2. The highest BCUT2D eigenvalue weighted by atomic mass is 35.5. The number of ketones is 1. The second kappa shape index (κ2) is 14.0. The molecule has 0 saturated carbocycles. The lowest BCUT2D eigenvalue weighted by Gasteiger charge is -2.26. The van der Waals surface area contributed by atoms with Crippen LogP contribution in [0.1, 0.15) is 61.5 Å². The van der Waals surface area contributed by atoms with E-state index in [-0.39, 0.29) is 29.9 Å². The number of Topliss-reactive ketones (excluding diaryl/α,β-unsaturated/α-hetero) is 1. The van der Waals surface area contributed by atoms with Crippen molar-refractivity contribution in [2.24, 2.45) is 0 Å². The van der Waals surface area contributed by atoms with E-state index in [0.29, 0.717) is 17.7 Å². The summed E-state index contributed by atoms with van der Waals surface area (Å²) in [4.78, 5) is 44.6. The molecule has 0 aromatic carbocycles. The molecule has 0 bridgehead atoms. The second-order valence-electron chi connectivity index (χ2n) is 8.27. The van der Waals surface area contributed by atoms with E-state index in [0.717, 1.165) is 67.1 Å². The predicted octanol–water partition coefficient (Wildman–Crippen LogP) is 3.50. The van der Waals surface area contributed by atoms with Crippen LogP contribution in [0.5, 0.6) is 0 Å². The van der Waals surface area contributed by atoms with Crippen LogP contribution in [-0.2, 0) is 27.2 Å². The number of aryl methyl sites for hydroxylation is 2. The number of fused-ring (bicyclic) bond motifs is 2. The Labute approximate surface area is 214 Å². The molecule has 2 unspecified atom stereocenters. The summed E-state index contributed by atoms with van der Waals surface area (Å²) in [6, 6.07) is 0.271. The summed E-state index contributed by atoms with van der Waals surface area (Å²) in [6.07, 6.45) is 6.31. The molecule has 4 heterocycles.